The Kier molecular flexibility index (Phi) is 2.47. The third-order valence-corrected chi connectivity index (χ3v) is 2.27. The van der Waals surface area contributed by atoms with Crippen LogP contribution < -0.4 is 4.74 Å². The van der Waals surface area contributed by atoms with Gasteiger partial charge in [0.1, 0.15) is 11.3 Å². The molecule has 0 aliphatic carbocycles. The van der Waals surface area contributed by atoms with Crippen molar-refractivity contribution < 1.29 is 19.0 Å². The molecule has 1 aromatic carbocycles. The molecule has 0 bridgehead atoms. The molecule has 0 spiro atoms. The van der Waals surface area contributed by atoms with Gasteiger partial charge < -0.3 is 9.84 Å². The number of carbonyl (C=O) groups is 1. The zero-order valence-electron chi connectivity index (χ0n) is 8.48. The van der Waals surface area contributed by atoms with Crippen molar-refractivity contribution in [3.63, 3.8) is 0 Å². The zero-order chi connectivity index (χ0) is 11.7. The number of benzene rings is 1. The first-order valence-electron chi connectivity index (χ1n) is 4.49. The first kappa shape index (κ1) is 10.4. The zero-order valence-corrected chi connectivity index (χ0v) is 8.48. The summed E-state index contributed by atoms with van der Waals surface area (Å²) in [6.45, 7) is -0.737. The lowest BCUT2D eigenvalue weighted by Crippen LogP contribution is -1.99. The first-order chi connectivity index (χ1) is 7.67. The van der Waals surface area contributed by atoms with E-state index in [0.29, 0.717) is 16.8 Å². The highest BCUT2D eigenvalue weighted by atomic mass is 19.1. The number of rotatable bonds is 3. The predicted molar refractivity (Wildman–Crippen MR) is 54.4 cm³/mol. The summed E-state index contributed by atoms with van der Waals surface area (Å²) in [5.41, 5.74) is 0.915. The van der Waals surface area contributed by atoms with Gasteiger partial charge in [0.2, 0.25) is 0 Å². The molecule has 0 saturated heterocycles. The van der Waals surface area contributed by atoms with E-state index < -0.39 is 12.8 Å². The molecule has 0 saturated carbocycles. The van der Waals surface area contributed by atoms with Crippen LogP contribution in [0, 0.1) is 0 Å². The summed E-state index contributed by atoms with van der Waals surface area (Å²) >= 11 is 0. The van der Waals surface area contributed by atoms with Crippen LogP contribution in [-0.2, 0) is 6.80 Å². The second-order valence-corrected chi connectivity index (χ2v) is 3.19. The lowest BCUT2D eigenvalue weighted by molar-refractivity contribution is 0.0696. The maximum atomic E-state index is 12.6. The first-order valence-corrected chi connectivity index (χ1v) is 4.49. The quantitative estimate of drug-likeness (QED) is 0.861. The summed E-state index contributed by atoms with van der Waals surface area (Å²) in [7, 11) is 1.40. The topological polar surface area (TPSA) is 64.3 Å². The largest absolute Gasteiger partial charge is 0.494 e. The van der Waals surface area contributed by atoms with Gasteiger partial charge in [-0.15, -0.1) is 0 Å². The fourth-order valence-corrected chi connectivity index (χ4v) is 1.54. The number of alkyl halides is 1. The van der Waals surface area contributed by atoms with E-state index in [1.807, 2.05) is 0 Å². The lowest BCUT2D eigenvalue weighted by atomic mass is 10.2. The highest BCUT2D eigenvalue weighted by Crippen LogP contribution is 2.27. The molecule has 5 nitrogen and oxygen atoms in total. The number of hydrogen-bond donors (Lipinski definition) is 1. The number of fused-ring (bicyclic) bond motifs is 1. The summed E-state index contributed by atoms with van der Waals surface area (Å²) in [5, 5.41) is 8.86. The molecular formula is C10H9FN2O3. The number of aromatic carboxylic acids is 1. The molecule has 0 unspecified atom stereocenters. The van der Waals surface area contributed by atoms with Crippen LogP contribution in [0.2, 0.25) is 0 Å². The third-order valence-electron chi connectivity index (χ3n) is 2.27. The van der Waals surface area contributed by atoms with Crippen LogP contribution in [0.3, 0.4) is 0 Å². The van der Waals surface area contributed by atoms with Crippen LogP contribution in [-0.4, -0.2) is 27.7 Å². The monoisotopic (exact) mass is 224 g/mol. The molecule has 2 rings (SSSR count). The molecule has 0 atom stereocenters. The molecule has 16 heavy (non-hydrogen) atoms. The van der Waals surface area contributed by atoms with Gasteiger partial charge in [0.05, 0.1) is 24.5 Å². The molecule has 2 aromatic rings. The number of hydrogen-bond acceptors (Lipinski definition) is 3. The minimum atomic E-state index is -1.07. The molecule has 0 aliphatic heterocycles. The summed E-state index contributed by atoms with van der Waals surface area (Å²) in [6, 6.07) is 2.73. The van der Waals surface area contributed by atoms with Crippen molar-refractivity contribution in [1.29, 1.82) is 0 Å². The summed E-state index contributed by atoms with van der Waals surface area (Å²) < 4.78 is 18.9. The number of nitrogens with zero attached hydrogens (tertiary/aromatic N) is 2. The highest BCUT2D eigenvalue weighted by molar-refractivity contribution is 5.95. The van der Waals surface area contributed by atoms with Gasteiger partial charge >= 0.3 is 5.97 Å². The summed E-state index contributed by atoms with van der Waals surface area (Å²) in [4.78, 5) is 14.7. The SMILES string of the molecule is COc1cc(C(=O)O)cc2ncn(CF)c12. The Hall–Kier alpha value is -2.11. The number of halogens is 1. The van der Waals surface area contributed by atoms with Crippen molar-refractivity contribution in [2.45, 2.75) is 6.80 Å². The van der Waals surface area contributed by atoms with E-state index in [1.165, 1.54) is 30.1 Å². The van der Waals surface area contributed by atoms with Crippen molar-refractivity contribution in [2.75, 3.05) is 7.11 Å². The molecule has 84 valence electrons. The van der Waals surface area contributed by atoms with Crippen molar-refractivity contribution in [1.82, 2.24) is 9.55 Å². The number of carboxylic acids is 1. The van der Waals surface area contributed by atoms with Crippen molar-refractivity contribution in [3.8, 4) is 5.75 Å². The average Bonchev–Trinajstić information content (AvgIpc) is 2.70. The van der Waals surface area contributed by atoms with Crippen LogP contribution in [0.25, 0.3) is 11.0 Å². The van der Waals surface area contributed by atoms with Crippen LogP contribution in [0.15, 0.2) is 18.5 Å². The Balaban J connectivity index is 2.75. The number of ether oxygens (including phenoxy) is 1. The molecule has 0 radical (unpaired) electrons. The fourth-order valence-electron chi connectivity index (χ4n) is 1.54. The van der Waals surface area contributed by atoms with Gasteiger partial charge in [-0.3, -0.25) is 4.57 Å². The summed E-state index contributed by atoms with van der Waals surface area (Å²) in [6.07, 6.45) is 1.30. The minimum Gasteiger partial charge on any atom is -0.494 e. The van der Waals surface area contributed by atoms with E-state index in [1.54, 1.807) is 0 Å². The Labute approximate surface area is 90.1 Å². The van der Waals surface area contributed by atoms with Gasteiger partial charge in [-0.2, -0.15) is 0 Å². The highest BCUT2D eigenvalue weighted by Gasteiger charge is 2.13. The normalized spacial score (nSPS) is 10.6. The predicted octanol–water partition coefficient (Wildman–Crippen LogP) is 1.67. The van der Waals surface area contributed by atoms with Gasteiger partial charge in [-0.1, -0.05) is 0 Å². The van der Waals surface area contributed by atoms with Crippen molar-refractivity contribution >= 4 is 17.0 Å². The maximum Gasteiger partial charge on any atom is 0.335 e. The van der Waals surface area contributed by atoms with E-state index >= 15 is 0 Å². The van der Waals surface area contributed by atoms with Gasteiger partial charge in [-0.25, -0.2) is 14.2 Å². The van der Waals surface area contributed by atoms with Crippen molar-refractivity contribution in [2.24, 2.45) is 0 Å². The third kappa shape index (κ3) is 1.48. The Morgan fingerprint density at radius 2 is 2.38 bits per heavy atom. The van der Waals surface area contributed by atoms with E-state index in [9.17, 15) is 9.18 Å². The molecule has 6 heteroatoms. The van der Waals surface area contributed by atoms with Crippen molar-refractivity contribution in [3.05, 3.63) is 24.0 Å². The maximum absolute atomic E-state index is 12.6. The van der Waals surface area contributed by atoms with E-state index in [0.717, 1.165) is 0 Å². The second-order valence-electron chi connectivity index (χ2n) is 3.19. The van der Waals surface area contributed by atoms with E-state index in [2.05, 4.69) is 4.98 Å². The van der Waals surface area contributed by atoms with Crippen LogP contribution >= 0.6 is 0 Å². The number of carboxylic acid groups (broad SMARTS) is 1. The molecule has 0 aliphatic rings. The number of methoxy groups -OCH3 is 1. The molecule has 1 aromatic heterocycles. The minimum absolute atomic E-state index is 0.0634. The van der Waals surface area contributed by atoms with Crippen LogP contribution in [0.5, 0.6) is 5.75 Å². The average molecular weight is 224 g/mol. The molecular weight excluding hydrogens is 215 g/mol. The van der Waals surface area contributed by atoms with E-state index in [-0.39, 0.29) is 5.56 Å². The molecule has 0 amide bonds. The van der Waals surface area contributed by atoms with E-state index in [4.69, 9.17) is 9.84 Å². The Bertz CT molecular complexity index is 550. The Morgan fingerprint density at radius 1 is 1.62 bits per heavy atom. The standard InChI is InChI=1S/C10H9FN2O3/c1-16-8-3-6(10(14)15)2-7-9(8)13(4-11)5-12-7/h2-3,5H,4H2,1H3,(H,14,15). The van der Waals surface area contributed by atoms with Gasteiger partial charge in [0.25, 0.3) is 0 Å². The Morgan fingerprint density at radius 3 is 2.94 bits per heavy atom. The van der Waals surface area contributed by atoms with Gasteiger partial charge in [0.15, 0.2) is 6.80 Å². The van der Waals surface area contributed by atoms with Gasteiger partial charge in [-0.05, 0) is 12.1 Å². The molecule has 0 fully saturated rings. The number of imidazole rings is 1. The fraction of sp³-hybridized carbons (Fsp3) is 0.200. The summed E-state index contributed by atoms with van der Waals surface area (Å²) in [5.74, 6) is -0.778. The second kappa shape index (κ2) is 3.80. The molecule has 1 heterocycles. The van der Waals surface area contributed by atoms with Crippen LogP contribution in [0.1, 0.15) is 10.4 Å². The number of aromatic nitrogens is 2. The van der Waals surface area contributed by atoms with Crippen LogP contribution in [0.4, 0.5) is 4.39 Å². The smallest absolute Gasteiger partial charge is 0.335 e. The van der Waals surface area contributed by atoms with Gasteiger partial charge in [0, 0.05) is 0 Å². The molecule has 1 N–H and O–H groups in total. The lowest BCUT2D eigenvalue weighted by Gasteiger charge is -2.05.